The van der Waals surface area contributed by atoms with Gasteiger partial charge in [0.25, 0.3) is 0 Å². The van der Waals surface area contributed by atoms with Crippen LogP contribution < -0.4 is 41.0 Å². The van der Waals surface area contributed by atoms with Crippen molar-refractivity contribution in [1.82, 2.24) is 9.97 Å². The van der Waals surface area contributed by atoms with Crippen LogP contribution in [0.15, 0.2) is 85.2 Å². The topological polar surface area (TPSA) is 173 Å². The number of halogens is 4. The lowest BCUT2D eigenvalue weighted by molar-refractivity contribution is -0.119. The average Bonchev–Trinajstić information content (AvgIpc) is 3.89. The van der Waals surface area contributed by atoms with Gasteiger partial charge in [-0.25, -0.2) is 18.7 Å². The summed E-state index contributed by atoms with van der Waals surface area (Å²) in [5, 5.41) is 7.23. The first-order chi connectivity index (χ1) is 28.9. The zero-order valence-corrected chi connectivity index (χ0v) is 34.5. The van der Waals surface area contributed by atoms with Crippen molar-refractivity contribution in [2.45, 2.75) is 48.6 Å². The van der Waals surface area contributed by atoms with E-state index < -0.39 is 34.5 Å². The number of rotatable bonds is 10. The zero-order chi connectivity index (χ0) is 41.8. The lowest BCUT2D eigenvalue weighted by atomic mass is 9.94. The second-order valence-corrected chi connectivity index (χ2v) is 17.6. The predicted octanol–water partition coefficient (Wildman–Crippen LogP) is 8.77. The Bertz CT molecular complexity index is 2480. The Hall–Kier alpha value is -5.36. The molecular weight excluding hydrogens is 858 g/mol. The van der Waals surface area contributed by atoms with Crippen molar-refractivity contribution < 1.29 is 37.3 Å². The van der Waals surface area contributed by atoms with Gasteiger partial charge in [-0.15, -0.1) is 0 Å². The Labute approximate surface area is 359 Å². The van der Waals surface area contributed by atoms with E-state index >= 15 is 0 Å². The molecule has 2 aliphatic carbocycles. The van der Waals surface area contributed by atoms with Crippen molar-refractivity contribution in [3.63, 3.8) is 0 Å². The number of nitrogens with one attached hydrogen (secondary N) is 2. The number of aromatic nitrogens is 2. The predicted molar refractivity (Wildman–Crippen MR) is 223 cm³/mol. The summed E-state index contributed by atoms with van der Waals surface area (Å²) in [5.74, 6) is 1.45. The van der Waals surface area contributed by atoms with Crippen LogP contribution in [0, 0.1) is 11.6 Å². The maximum absolute atomic E-state index is 14.2. The SMILES string of the molecule is N[C@H](c1cnc(NC(=O)C2(c3ccc4c(c3)OCO4)CC2)s1)c1ccc(Cl)cc1F.N[C@H](c1cnc(NC(=O)C2(c3ccc4c(c3)OCO4)CC2)s1)c1ccc(Cl)cc1F. The Balaban J connectivity index is 0.000000154. The lowest BCUT2D eigenvalue weighted by Crippen LogP contribution is -2.27. The Morgan fingerprint density at radius 1 is 0.617 bits per heavy atom. The number of carbonyl (C=O) groups excluding carboxylic acids is 2. The van der Waals surface area contributed by atoms with E-state index in [0.29, 0.717) is 64.2 Å². The second kappa shape index (κ2) is 15.9. The van der Waals surface area contributed by atoms with Crippen LogP contribution in [0.4, 0.5) is 19.0 Å². The fourth-order valence-electron chi connectivity index (χ4n) is 7.16. The van der Waals surface area contributed by atoms with E-state index in [4.69, 9.17) is 53.6 Å². The summed E-state index contributed by atoms with van der Waals surface area (Å²) < 4.78 is 49.9. The van der Waals surface area contributed by atoms with Gasteiger partial charge in [-0.3, -0.25) is 9.59 Å². The molecule has 4 aliphatic rings. The highest BCUT2D eigenvalue weighted by molar-refractivity contribution is 7.16. The van der Waals surface area contributed by atoms with E-state index in [1.165, 1.54) is 34.8 Å². The van der Waals surface area contributed by atoms with Crippen LogP contribution in [0.5, 0.6) is 23.0 Å². The van der Waals surface area contributed by atoms with Gasteiger partial charge in [-0.05, 0) is 85.3 Å². The second-order valence-electron chi connectivity index (χ2n) is 14.6. The minimum absolute atomic E-state index is 0.131. The van der Waals surface area contributed by atoms with Crippen molar-refractivity contribution in [3.05, 3.63) is 139 Å². The van der Waals surface area contributed by atoms with E-state index in [9.17, 15) is 18.4 Å². The molecule has 10 rings (SSSR count). The van der Waals surface area contributed by atoms with Gasteiger partial charge in [-0.1, -0.05) is 70.1 Å². The molecule has 308 valence electrons. The van der Waals surface area contributed by atoms with Crippen LogP contribution in [-0.4, -0.2) is 35.4 Å². The largest absolute Gasteiger partial charge is 0.454 e. The van der Waals surface area contributed by atoms with Crippen molar-refractivity contribution >= 4 is 68.0 Å². The summed E-state index contributed by atoms with van der Waals surface area (Å²) in [4.78, 5) is 35.8. The van der Waals surface area contributed by atoms with Crippen molar-refractivity contribution in [3.8, 4) is 23.0 Å². The highest BCUT2D eigenvalue weighted by Crippen LogP contribution is 2.52. The van der Waals surface area contributed by atoms with Crippen LogP contribution in [0.2, 0.25) is 10.0 Å². The fraction of sp³-hybridized carbons (Fsp3) is 0.238. The number of benzene rings is 4. The summed E-state index contributed by atoms with van der Waals surface area (Å²) in [6.07, 6.45) is 6.08. The van der Waals surface area contributed by atoms with Gasteiger partial charge in [0.05, 0.1) is 22.9 Å². The molecule has 4 aromatic carbocycles. The molecule has 60 heavy (non-hydrogen) atoms. The maximum atomic E-state index is 14.2. The first-order valence-corrected chi connectivity index (χ1v) is 21.1. The van der Waals surface area contributed by atoms with Gasteiger partial charge in [-0.2, -0.15) is 0 Å². The van der Waals surface area contributed by atoms with Gasteiger partial charge >= 0.3 is 0 Å². The quantitative estimate of drug-likeness (QED) is 0.104. The number of hydrogen-bond donors (Lipinski definition) is 4. The molecule has 4 heterocycles. The minimum atomic E-state index is -0.700. The molecule has 12 nitrogen and oxygen atoms in total. The van der Waals surface area contributed by atoms with E-state index in [1.807, 2.05) is 36.4 Å². The molecule has 0 saturated heterocycles. The summed E-state index contributed by atoms with van der Waals surface area (Å²) in [6.45, 7) is 0.378. The van der Waals surface area contributed by atoms with E-state index in [0.717, 1.165) is 36.8 Å². The molecule has 2 aliphatic heterocycles. The molecule has 2 aromatic heterocycles. The fourth-order valence-corrected chi connectivity index (χ4v) is 9.14. The summed E-state index contributed by atoms with van der Waals surface area (Å²) in [5.41, 5.74) is 13.6. The van der Waals surface area contributed by atoms with Gasteiger partial charge in [0.2, 0.25) is 25.4 Å². The number of thiazole rings is 2. The number of nitrogens with two attached hydrogens (primary N) is 2. The highest BCUT2D eigenvalue weighted by Gasteiger charge is 2.53. The monoisotopic (exact) mass is 890 g/mol. The van der Waals surface area contributed by atoms with Gasteiger partial charge in [0, 0.05) is 43.3 Å². The number of anilines is 2. The van der Waals surface area contributed by atoms with E-state index in [2.05, 4.69) is 20.6 Å². The van der Waals surface area contributed by atoms with Crippen LogP contribution in [0.3, 0.4) is 0 Å². The first-order valence-electron chi connectivity index (χ1n) is 18.7. The van der Waals surface area contributed by atoms with E-state index in [1.54, 1.807) is 36.7 Å². The van der Waals surface area contributed by atoms with Crippen molar-refractivity contribution in [2.24, 2.45) is 11.5 Å². The number of nitrogens with zero attached hydrogens (tertiary/aromatic N) is 2. The standard InChI is InChI=1S/2C21H17ClFN3O3S/c2*22-12-2-3-13(14(23)8-12)18(24)17-9-25-20(30-17)26-19(27)21(5-6-21)11-1-4-15-16(7-11)29-10-28-15/h2*1-4,7-9,18H,5-6,10,24H2,(H,25,26,27)/t2*18-/m00/s1. The number of ether oxygens (including phenoxy) is 4. The van der Waals surface area contributed by atoms with Gasteiger partial charge < -0.3 is 41.0 Å². The molecule has 2 atom stereocenters. The van der Waals surface area contributed by atoms with Crippen LogP contribution >= 0.6 is 45.9 Å². The lowest BCUT2D eigenvalue weighted by Gasteiger charge is -2.15. The van der Waals surface area contributed by atoms with Crippen molar-refractivity contribution in [2.75, 3.05) is 24.2 Å². The summed E-state index contributed by atoms with van der Waals surface area (Å²) in [6, 6.07) is 18.5. The molecule has 6 N–H and O–H groups in total. The molecule has 2 fully saturated rings. The third kappa shape index (κ3) is 7.74. The smallest absolute Gasteiger partial charge is 0.236 e. The minimum Gasteiger partial charge on any atom is -0.454 e. The molecule has 0 bridgehead atoms. The number of fused-ring (bicyclic) bond motifs is 2. The Kier molecular flexibility index (Phi) is 10.6. The number of amides is 2. The summed E-state index contributed by atoms with van der Waals surface area (Å²) in [7, 11) is 0. The van der Waals surface area contributed by atoms with Crippen LogP contribution in [-0.2, 0) is 20.4 Å². The van der Waals surface area contributed by atoms with E-state index in [-0.39, 0.29) is 25.4 Å². The Morgan fingerprint density at radius 3 is 1.40 bits per heavy atom. The number of hydrogen-bond acceptors (Lipinski definition) is 12. The molecule has 2 saturated carbocycles. The summed E-state index contributed by atoms with van der Waals surface area (Å²) >= 11 is 14.1. The van der Waals surface area contributed by atoms with Crippen LogP contribution in [0.1, 0.15) is 69.8 Å². The zero-order valence-electron chi connectivity index (χ0n) is 31.3. The Morgan fingerprint density at radius 2 is 1.02 bits per heavy atom. The molecule has 0 spiro atoms. The third-order valence-electron chi connectivity index (χ3n) is 10.9. The molecular formula is C42H34Cl2F2N6O6S2. The first kappa shape index (κ1) is 40.1. The highest BCUT2D eigenvalue weighted by atomic mass is 35.5. The molecule has 0 unspecified atom stereocenters. The van der Waals surface area contributed by atoms with Crippen molar-refractivity contribution in [1.29, 1.82) is 0 Å². The number of carbonyl (C=O) groups is 2. The third-order valence-corrected chi connectivity index (χ3v) is 13.4. The normalized spacial score (nSPS) is 16.9. The van der Waals surface area contributed by atoms with Gasteiger partial charge in [0.1, 0.15) is 11.6 Å². The molecule has 6 aromatic rings. The molecule has 0 radical (unpaired) electrons. The average molecular weight is 892 g/mol. The maximum Gasteiger partial charge on any atom is 0.236 e. The van der Waals surface area contributed by atoms with Crippen LogP contribution in [0.25, 0.3) is 0 Å². The molecule has 18 heteroatoms. The van der Waals surface area contributed by atoms with Gasteiger partial charge in [0.15, 0.2) is 33.3 Å². The molecule has 2 amide bonds.